The van der Waals surface area contributed by atoms with E-state index in [9.17, 15) is 4.39 Å². The summed E-state index contributed by atoms with van der Waals surface area (Å²) >= 11 is 3.20. The molecule has 18 heavy (non-hydrogen) atoms. The first-order chi connectivity index (χ1) is 8.54. The van der Waals surface area contributed by atoms with Gasteiger partial charge in [0.15, 0.2) is 0 Å². The number of hydrogen-bond donors (Lipinski definition) is 1. The van der Waals surface area contributed by atoms with Crippen LogP contribution in [0.25, 0.3) is 0 Å². The Balaban J connectivity index is 2.48. The minimum absolute atomic E-state index is 0.261. The fourth-order valence-corrected chi connectivity index (χ4v) is 2.32. The van der Waals surface area contributed by atoms with Crippen LogP contribution in [0.4, 0.5) is 4.39 Å². The van der Waals surface area contributed by atoms with Gasteiger partial charge in [-0.25, -0.2) is 4.39 Å². The summed E-state index contributed by atoms with van der Waals surface area (Å²) in [6, 6.07) is 6.92. The molecule has 0 bridgehead atoms. The second kappa shape index (κ2) is 5.24. The molecule has 1 aromatic carbocycles. The van der Waals surface area contributed by atoms with E-state index in [1.807, 2.05) is 26.0 Å². The summed E-state index contributed by atoms with van der Waals surface area (Å²) in [7, 11) is 1.79. The number of hydrogen-bond acceptors (Lipinski definition) is 2. The molecular formula is C14H15BrFNO. The van der Waals surface area contributed by atoms with E-state index in [2.05, 4.69) is 21.2 Å². The first-order valence-electron chi connectivity index (χ1n) is 5.72. The van der Waals surface area contributed by atoms with E-state index in [0.29, 0.717) is 10.0 Å². The molecule has 0 fully saturated rings. The second-order valence-corrected chi connectivity index (χ2v) is 5.11. The summed E-state index contributed by atoms with van der Waals surface area (Å²) in [4.78, 5) is 0. The zero-order valence-corrected chi connectivity index (χ0v) is 12.1. The molecule has 2 rings (SSSR count). The van der Waals surface area contributed by atoms with E-state index in [0.717, 1.165) is 17.1 Å². The van der Waals surface area contributed by atoms with Gasteiger partial charge in [0.1, 0.15) is 17.3 Å². The number of halogens is 2. The van der Waals surface area contributed by atoms with Crippen LogP contribution in [0.5, 0.6) is 0 Å². The average molecular weight is 312 g/mol. The van der Waals surface area contributed by atoms with Crippen molar-refractivity contribution in [3.8, 4) is 0 Å². The number of rotatable bonds is 3. The molecule has 0 spiro atoms. The third-order valence-corrected chi connectivity index (χ3v) is 3.66. The zero-order chi connectivity index (χ0) is 13.3. The van der Waals surface area contributed by atoms with E-state index in [1.165, 1.54) is 0 Å². The fraction of sp³-hybridized carbons (Fsp3) is 0.286. The zero-order valence-electron chi connectivity index (χ0n) is 10.6. The number of furan rings is 1. The van der Waals surface area contributed by atoms with Gasteiger partial charge >= 0.3 is 0 Å². The lowest BCUT2D eigenvalue weighted by Gasteiger charge is -2.15. The summed E-state index contributed by atoms with van der Waals surface area (Å²) in [5.74, 6) is 1.33. The van der Waals surface area contributed by atoms with Crippen LogP contribution in [0, 0.1) is 19.7 Å². The highest BCUT2D eigenvalue weighted by atomic mass is 79.9. The second-order valence-electron chi connectivity index (χ2n) is 4.25. The largest absolute Gasteiger partial charge is 0.464 e. The Labute approximate surface area is 114 Å². The van der Waals surface area contributed by atoms with Gasteiger partial charge in [-0.2, -0.15) is 0 Å². The molecule has 1 N–H and O–H groups in total. The van der Waals surface area contributed by atoms with Gasteiger partial charge in [0.25, 0.3) is 0 Å². The van der Waals surface area contributed by atoms with Crippen LogP contribution >= 0.6 is 15.9 Å². The minimum atomic E-state index is -0.283. The van der Waals surface area contributed by atoms with Crippen molar-refractivity contribution in [3.63, 3.8) is 0 Å². The van der Waals surface area contributed by atoms with Gasteiger partial charge in [-0.05, 0) is 54.5 Å². The molecule has 0 amide bonds. The smallest absolute Gasteiger partial charge is 0.142 e. The number of benzene rings is 1. The Bertz CT molecular complexity index is 545. The molecule has 1 atom stereocenters. The summed E-state index contributed by atoms with van der Waals surface area (Å²) in [6.45, 7) is 3.88. The minimum Gasteiger partial charge on any atom is -0.464 e. The van der Waals surface area contributed by atoms with E-state index >= 15 is 0 Å². The van der Waals surface area contributed by atoms with E-state index in [4.69, 9.17) is 4.42 Å². The maximum atomic E-state index is 14.1. The van der Waals surface area contributed by atoms with Crippen LogP contribution in [0.2, 0.25) is 0 Å². The monoisotopic (exact) mass is 311 g/mol. The van der Waals surface area contributed by atoms with Crippen molar-refractivity contribution in [1.29, 1.82) is 0 Å². The van der Waals surface area contributed by atoms with Gasteiger partial charge in [0, 0.05) is 5.56 Å². The van der Waals surface area contributed by atoms with Crippen molar-refractivity contribution >= 4 is 15.9 Å². The summed E-state index contributed by atoms with van der Waals surface area (Å²) in [6.07, 6.45) is 0. The van der Waals surface area contributed by atoms with Crippen LogP contribution < -0.4 is 5.32 Å². The first-order valence-corrected chi connectivity index (χ1v) is 6.52. The lowest BCUT2D eigenvalue weighted by molar-refractivity contribution is 0.434. The predicted octanol–water partition coefficient (Wildman–Crippen LogP) is 4.11. The molecule has 0 saturated carbocycles. The van der Waals surface area contributed by atoms with E-state index in [-0.39, 0.29) is 11.9 Å². The molecule has 0 aliphatic heterocycles. The molecule has 0 saturated heterocycles. The van der Waals surface area contributed by atoms with Crippen LogP contribution in [0.1, 0.15) is 28.7 Å². The maximum Gasteiger partial charge on any atom is 0.142 e. The molecule has 2 aromatic rings. The topological polar surface area (TPSA) is 25.2 Å². The molecule has 0 aliphatic carbocycles. The first kappa shape index (κ1) is 13.3. The number of nitrogens with one attached hydrogen (secondary N) is 1. The Hall–Kier alpha value is -1.13. The molecule has 1 aromatic heterocycles. The SMILES string of the molecule is CNC(c1cc(C)c(C)o1)c1cccc(Br)c1F. The van der Waals surface area contributed by atoms with Gasteiger partial charge in [0.05, 0.1) is 10.5 Å². The van der Waals surface area contributed by atoms with Crippen molar-refractivity contribution in [2.24, 2.45) is 0 Å². The van der Waals surface area contributed by atoms with Gasteiger partial charge in [-0.1, -0.05) is 12.1 Å². The molecule has 96 valence electrons. The van der Waals surface area contributed by atoms with E-state index in [1.54, 1.807) is 19.2 Å². The number of aryl methyl sites for hydroxylation is 2. The Morgan fingerprint density at radius 3 is 2.61 bits per heavy atom. The van der Waals surface area contributed by atoms with Crippen LogP contribution in [-0.2, 0) is 0 Å². The Morgan fingerprint density at radius 1 is 1.33 bits per heavy atom. The summed E-state index contributed by atoms with van der Waals surface area (Å²) < 4.78 is 20.2. The predicted molar refractivity (Wildman–Crippen MR) is 73.2 cm³/mol. The van der Waals surface area contributed by atoms with E-state index < -0.39 is 0 Å². The van der Waals surface area contributed by atoms with Gasteiger partial charge in [-0.3, -0.25) is 0 Å². The Morgan fingerprint density at radius 2 is 2.06 bits per heavy atom. The van der Waals surface area contributed by atoms with Crippen molar-refractivity contribution < 1.29 is 8.81 Å². The quantitative estimate of drug-likeness (QED) is 0.923. The Kier molecular flexibility index (Phi) is 3.88. The lowest BCUT2D eigenvalue weighted by atomic mass is 10.0. The average Bonchev–Trinajstić information content (AvgIpc) is 2.66. The molecule has 2 nitrogen and oxygen atoms in total. The van der Waals surface area contributed by atoms with Gasteiger partial charge in [-0.15, -0.1) is 0 Å². The fourth-order valence-electron chi connectivity index (χ4n) is 1.94. The standard InChI is InChI=1S/C14H15BrFNO/c1-8-7-12(18-9(8)2)14(17-3)10-5-4-6-11(15)13(10)16/h4-7,14,17H,1-3H3. The molecule has 0 aliphatic rings. The maximum absolute atomic E-state index is 14.1. The summed E-state index contributed by atoms with van der Waals surface area (Å²) in [5, 5.41) is 3.09. The van der Waals surface area contributed by atoms with Crippen molar-refractivity contribution in [3.05, 3.63) is 57.2 Å². The van der Waals surface area contributed by atoms with Crippen molar-refractivity contribution in [1.82, 2.24) is 5.32 Å². The highest BCUT2D eigenvalue weighted by Gasteiger charge is 2.21. The highest BCUT2D eigenvalue weighted by Crippen LogP contribution is 2.30. The molecule has 1 heterocycles. The molecule has 1 unspecified atom stereocenters. The summed E-state index contributed by atoms with van der Waals surface area (Å²) in [5.41, 5.74) is 1.64. The van der Waals surface area contributed by atoms with Crippen LogP contribution in [0.3, 0.4) is 0 Å². The molecule has 4 heteroatoms. The van der Waals surface area contributed by atoms with Crippen LogP contribution in [0.15, 0.2) is 33.2 Å². The lowest BCUT2D eigenvalue weighted by Crippen LogP contribution is -2.18. The normalized spacial score (nSPS) is 12.7. The highest BCUT2D eigenvalue weighted by molar-refractivity contribution is 9.10. The molecule has 0 radical (unpaired) electrons. The third kappa shape index (κ3) is 2.35. The molecular weight excluding hydrogens is 297 g/mol. The van der Waals surface area contributed by atoms with Gasteiger partial charge < -0.3 is 9.73 Å². The van der Waals surface area contributed by atoms with Crippen molar-refractivity contribution in [2.75, 3.05) is 7.05 Å². The third-order valence-electron chi connectivity index (χ3n) is 3.05. The van der Waals surface area contributed by atoms with Crippen LogP contribution in [-0.4, -0.2) is 7.05 Å². The van der Waals surface area contributed by atoms with Crippen molar-refractivity contribution in [2.45, 2.75) is 19.9 Å². The van der Waals surface area contributed by atoms with Gasteiger partial charge in [0.2, 0.25) is 0 Å².